The minimum atomic E-state index is -0.406. The molecule has 0 saturated heterocycles. The Labute approximate surface area is 99.2 Å². The predicted molar refractivity (Wildman–Crippen MR) is 59.9 cm³/mol. The second kappa shape index (κ2) is 4.40. The molecule has 82 valence electrons. The largest absolute Gasteiger partial charge is 0.275 e. The summed E-state index contributed by atoms with van der Waals surface area (Å²) in [5.74, 6) is 0. The van der Waals surface area contributed by atoms with Crippen molar-refractivity contribution in [3.05, 3.63) is 51.0 Å². The first kappa shape index (κ1) is 10.7. The van der Waals surface area contributed by atoms with Gasteiger partial charge in [0.05, 0.1) is 17.0 Å². The van der Waals surface area contributed by atoms with Gasteiger partial charge in [-0.05, 0) is 12.1 Å². The van der Waals surface area contributed by atoms with Crippen molar-refractivity contribution in [2.75, 3.05) is 0 Å². The van der Waals surface area contributed by atoms with Crippen molar-refractivity contribution >= 4 is 21.6 Å². The zero-order valence-corrected chi connectivity index (χ0v) is 9.66. The zero-order chi connectivity index (χ0) is 11.5. The topological polar surface area (TPSA) is 73.8 Å². The van der Waals surface area contributed by atoms with Crippen LogP contribution in [0.15, 0.2) is 35.3 Å². The van der Waals surface area contributed by atoms with E-state index in [1.807, 2.05) is 0 Å². The van der Waals surface area contributed by atoms with Crippen LogP contribution in [0, 0.1) is 10.1 Å². The molecule has 0 fully saturated rings. The maximum atomic E-state index is 10.8. The predicted octanol–water partition coefficient (Wildman–Crippen LogP) is 2.00. The molecule has 0 aliphatic carbocycles. The lowest BCUT2D eigenvalue weighted by Gasteiger charge is -2.03. The van der Waals surface area contributed by atoms with E-state index in [4.69, 9.17) is 0 Å². The van der Waals surface area contributed by atoms with Gasteiger partial charge in [0.25, 0.3) is 5.69 Å². The minimum Gasteiger partial charge on any atom is -0.258 e. The molecule has 1 aromatic carbocycles. The molecule has 0 saturated carbocycles. The van der Waals surface area contributed by atoms with E-state index in [0.29, 0.717) is 16.6 Å². The summed E-state index contributed by atoms with van der Waals surface area (Å²) in [6.07, 6.45) is 2.91. The van der Waals surface area contributed by atoms with E-state index < -0.39 is 4.92 Å². The Bertz CT molecular complexity index is 512. The van der Waals surface area contributed by atoms with Crippen LogP contribution in [-0.2, 0) is 6.54 Å². The van der Waals surface area contributed by atoms with Crippen LogP contribution in [0.5, 0.6) is 0 Å². The Kier molecular flexibility index (Phi) is 2.95. The smallest absolute Gasteiger partial charge is 0.258 e. The normalized spacial score (nSPS) is 10.3. The third kappa shape index (κ3) is 2.25. The Morgan fingerprint density at radius 2 is 2.31 bits per heavy atom. The second-order valence-electron chi connectivity index (χ2n) is 3.12. The third-order valence-corrected chi connectivity index (χ3v) is 2.54. The molecule has 2 aromatic rings. The molecule has 0 bridgehead atoms. The van der Waals surface area contributed by atoms with E-state index in [1.54, 1.807) is 12.1 Å². The maximum Gasteiger partial charge on any atom is 0.275 e. The highest BCUT2D eigenvalue weighted by molar-refractivity contribution is 9.10. The van der Waals surface area contributed by atoms with Gasteiger partial charge in [-0.25, -0.2) is 9.67 Å². The highest BCUT2D eigenvalue weighted by Crippen LogP contribution is 2.23. The number of aromatic nitrogens is 3. The number of nitro benzene ring substituents is 1. The molecule has 7 heteroatoms. The van der Waals surface area contributed by atoms with Crippen LogP contribution in [-0.4, -0.2) is 19.7 Å². The SMILES string of the molecule is O=[N+]([O-])c1cc(Br)ccc1Cn1cncn1. The molecule has 0 spiro atoms. The molecule has 0 unspecified atom stereocenters. The van der Waals surface area contributed by atoms with Gasteiger partial charge in [-0.15, -0.1) is 0 Å². The highest BCUT2D eigenvalue weighted by Gasteiger charge is 2.14. The molecular formula is C9H7BrN4O2. The van der Waals surface area contributed by atoms with Crippen LogP contribution in [0.1, 0.15) is 5.56 Å². The molecule has 0 aliphatic rings. The molecule has 6 nitrogen and oxygen atoms in total. The molecule has 2 rings (SSSR count). The summed E-state index contributed by atoms with van der Waals surface area (Å²) >= 11 is 3.20. The van der Waals surface area contributed by atoms with Crippen LogP contribution in [0.25, 0.3) is 0 Å². The second-order valence-corrected chi connectivity index (χ2v) is 4.04. The summed E-state index contributed by atoms with van der Waals surface area (Å²) in [6.45, 7) is 0.337. The van der Waals surface area contributed by atoms with Gasteiger partial charge in [-0.3, -0.25) is 10.1 Å². The number of nitro groups is 1. The van der Waals surface area contributed by atoms with Gasteiger partial charge in [0.15, 0.2) is 0 Å². The van der Waals surface area contributed by atoms with Crippen molar-refractivity contribution in [2.24, 2.45) is 0 Å². The number of nitrogens with zero attached hydrogens (tertiary/aromatic N) is 4. The minimum absolute atomic E-state index is 0.0740. The molecule has 1 heterocycles. The summed E-state index contributed by atoms with van der Waals surface area (Å²) in [7, 11) is 0. The fourth-order valence-corrected chi connectivity index (χ4v) is 1.68. The summed E-state index contributed by atoms with van der Waals surface area (Å²) in [5, 5.41) is 14.7. The molecule has 16 heavy (non-hydrogen) atoms. The van der Waals surface area contributed by atoms with Crippen molar-refractivity contribution in [3.8, 4) is 0 Å². The van der Waals surface area contributed by atoms with Gasteiger partial charge in [-0.1, -0.05) is 15.9 Å². The van der Waals surface area contributed by atoms with Crippen molar-refractivity contribution in [1.29, 1.82) is 0 Å². The average Bonchev–Trinajstić information content (AvgIpc) is 2.73. The van der Waals surface area contributed by atoms with Crippen LogP contribution >= 0.6 is 15.9 Å². The number of hydrogen-bond donors (Lipinski definition) is 0. The number of rotatable bonds is 3. The molecule has 0 amide bonds. The lowest BCUT2D eigenvalue weighted by Crippen LogP contribution is -2.03. The summed E-state index contributed by atoms with van der Waals surface area (Å²) in [4.78, 5) is 14.2. The Hall–Kier alpha value is -1.76. The van der Waals surface area contributed by atoms with Crippen molar-refractivity contribution in [1.82, 2.24) is 14.8 Å². The van der Waals surface area contributed by atoms with E-state index >= 15 is 0 Å². The molecule has 0 aliphatic heterocycles. The van der Waals surface area contributed by atoms with Crippen molar-refractivity contribution in [3.63, 3.8) is 0 Å². The Morgan fingerprint density at radius 3 is 2.94 bits per heavy atom. The lowest BCUT2D eigenvalue weighted by molar-refractivity contribution is -0.385. The number of benzene rings is 1. The van der Waals surface area contributed by atoms with Crippen LogP contribution in [0.3, 0.4) is 0 Å². The van der Waals surface area contributed by atoms with Gasteiger partial charge >= 0.3 is 0 Å². The van der Waals surface area contributed by atoms with Gasteiger partial charge in [0, 0.05) is 10.5 Å². The van der Waals surface area contributed by atoms with E-state index in [9.17, 15) is 10.1 Å². The van der Waals surface area contributed by atoms with Crippen LogP contribution in [0.2, 0.25) is 0 Å². The monoisotopic (exact) mass is 282 g/mol. The number of hydrogen-bond acceptors (Lipinski definition) is 4. The van der Waals surface area contributed by atoms with Crippen LogP contribution in [0.4, 0.5) is 5.69 Å². The van der Waals surface area contributed by atoms with Gasteiger partial charge in [0.1, 0.15) is 12.7 Å². The Morgan fingerprint density at radius 1 is 1.50 bits per heavy atom. The van der Waals surface area contributed by atoms with Gasteiger partial charge in [0.2, 0.25) is 0 Å². The van der Waals surface area contributed by atoms with E-state index in [0.717, 1.165) is 0 Å². The van der Waals surface area contributed by atoms with E-state index in [2.05, 4.69) is 26.0 Å². The summed E-state index contributed by atoms with van der Waals surface area (Å²) in [5.41, 5.74) is 0.670. The Balaban J connectivity index is 2.36. The summed E-state index contributed by atoms with van der Waals surface area (Å²) in [6, 6.07) is 4.94. The lowest BCUT2D eigenvalue weighted by atomic mass is 10.2. The molecule has 0 radical (unpaired) electrons. The quantitative estimate of drug-likeness (QED) is 0.637. The zero-order valence-electron chi connectivity index (χ0n) is 8.08. The first-order valence-corrected chi connectivity index (χ1v) is 5.21. The molecule has 0 N–H and O–H groups in total. The first-order chi connectivity index (χ1) is 7.66. The maximum absolute atomic E-state index is 10.8. The molecule has 1 aromatic heterocycles. The van der Waals surface area contributed by atoms with E-state index in [-0.39, 0.29) is 5.69 Å². The van der Waals surface area contributed by atoms with Gasteiger partial charge < -0.3 is 0 Å². The first-order valence-electron chi connectivity index (χ1n) is 4.42. The highest BCUT2D eigenvalue weighted by atomic mass is 79.9. The molecular weight excluding hydrogens is 276 g/mol. The third-order valence-electron chi connectivity index (χ3n) is 2.04. The molecule has 0 atom stereocenters. The summed E-state index contributed by atoms with van der Waals surface area (Å²) < 4.78 is 2.22. The average molecular weight is 283 g/mol. The van der Waals surface area contributed by atoms with E-state index in [1.165, 1.54) is 23.4 Å². The van der Waals surface area contributed by atoms with Gasteiger partial charge in [-0.2, -0.15) is 5.10 Å². The number of halogens is 1. The van der Waals surface area contributed by atoms with Crippen molar-refractivity contribution < 1.29 is 4.92 Å². The van der Waals surface area contributed by atoms with Crippen LogP contribution < -0.4 is 0 Å². The fourth-order valence-electron chi connectivity index (χ4n) is 1.33. The van der Waals surface area contributed by atoms with Crippen molar-refractivity contribution in [2.45, 2.75) is 6.54 Å². The standard InChI is InChI=1S/C9H7BrN4O2/c10-8-2-1-7(9(3-8)14(15)16)4-13-6-11-5-12-13/h1-3,5-6H,4H2. The fraction of sp³-hybridized carbons (Fsp3) is 0.111.